The van der Waals surface area contributed by atoms with E-state index in [2.05, 4.69) is 19.2 Å². The second-order valence-electron chi connectivity index (χ2n) is 6.96. The van der Waals surface area contributed by atoms with Crippen LogP contribution in [0, 0.1) is 29.6 Å². The van der Waals surface area contributed by atoms with Crippen LogP contribution in [0.3, 0.4) is 0 Å². The van der Waals surface area contributed by atoms with Crippen LogP contribution >= 0.6 is 0 Å². The molecule has 0 saturated heterocycles. The highest BCUT2D eigenvalue weighted by Gasteiger charge is 2.51. The predicted octanol–water partition coefficient (Wildman–Crippen LogP) is 1.21. The first kappa shape index (κ1) is 16.0. The van der Waals surface area contributed by atoms with Crippen LogP contribution < -0.4 is 5.32 Å². The highest BCUT2D eigenvalue weighted by molar-refractivity contribution is 5.87. The molecule has 5 heteroatoms. The zero-order valence-corrected chi connectivity index (χ0v) is 13.2. The van der Waals surface area contributed by atoms with Crippen LogP contribution in [0.2, 0.25) is 0 Å². The third-order valence-electron chi connectivity index (χ3n) is 4.74. The minimum Gasteiger partial charge on any atom is -0.481 e. The van der Waals surface area contributed by atoms with Crippen molar-refractivity contribution in [3.05, 3.63) is 12.2 Å². The number of aliphatic carboxylic acids is 1. The molecule has 0 aromatic heterocycles. The molecule has 2 aliphatic rings. The van der Waals surface area contributed by atoms with Gasteiger partial charge >= 0.3 is 5.97 Å². The number of likely N-dealkylation sites (N-methyl/N-ethyl adjacent to an activating group) is 1. The van der Waals surface area contributed by atoms with E-state index in [1.165, 1.54) is 0 Å². The lowest BCUT2D eigenvalue weighted by molar-refractivity contribution is -0.148. The van der Waals surface area contributed by atoms with E-state index in [9.17, 15) is 14.7 Å². The summed E-state index contributed by atoms with van der Waals surface area (Å²) in [4.78, 5) is 26.1. The molecule has 2 rings (SSSR count). The number of nitrogens with zero attached hydrogens (tertiary/aromatic N) is 1. The Morgan fingerprint density at radius 1 is 1.24 bits per heavy atom. The fourth-order valence-electron chi connectivity index (χ4n) is 3.61. The maximum atomic E-state index is 12.6. The Morgan fingerprint density at radius 3 is 2.29 bits per heavy atom. The molecular weight excluding hydrogens is 268 g/mol. The maximum absolute atomic E-state index is 12.6. The number of hydrogen-bond donors (Lipinski definition) is 2. The molecule has 1 amide bonds. The highest BCUT2D eigenvalue weighted by Crippen LogP contribution is 2.48. The first-order valence-corrected chi connectivity index (χ1v) is 7.67. The lowest BCUT2D eigenvalue weighted by atomic mass is 9.82. The van der Waals surface area contributed by atoms with Gasteiger partial charge in [0.1, 0.15) is 0 Å². The van der Waals surface area contributed by atoms with Crippen molar-refractivity contribution in [2.24, 2.45) is 29.6 Å². The number of fused-ring (bicyclic) bond motifs is 2. The van der Waals surface area contributed by atoms with Gasteiger partial charge in [-0.1, -0.05) is 26.0 Å². The summed E-state index contributed by atoms with van der Waals surface area (Å²) >= 11 is 0. The fraction of sp³-hybridized carbons (Fsp3) is 0.750. The summed E-state index contributed by atoms with van der Waals surface area (Å²) in [5, 5.41) is 12.5. The molecule has 2 aliphatic carbocycles. The van der Waals surface area contributed by atoms with Gasteiger partial charge in [0, 0.05) is 12.6 Å². The molecule has 0 heterocycles. The Kier molecular flexibility index (Phi) is 4.71. The van der Waals surface area contributed by atoms with Gasteiger partial charge in [-0.05, 0) is 38.3 Å². The second-order valence-corrected chi connectivity index (χ2v) is 6.96. The Morgan fingerprint density at radius 2 is 1.81 bits per heavy atom. The lowest BCUT2D eigenvalue weighted by Crippen LogP contribution is -2.49. The molecule has 0 aromatic rings. The molecule has 1 saturated carbocycles. The Balaban J connectivity index is 2.08. The summed E-state index contributed by atoms with van der Waals surface area (Å²) in [5.74, 6) is -1.50. The number of rotatable bonds is 6. The van der Waals surface area contributed by atoms with Crippen LogP contribution in [-0.2, 0) is 9.59 Å². The summed E-state index contributed by atoms with van der Waals surface area (Å²) in [5.41, 5.74) is 0. The van der Waals surface area contributed by atoms with Gasteiger partial charge in [0.05, 0.1) is 11.8 Å². The summed E-state index contributed by atoms with van der Waals surface area (Å²) < 4.78 is 0. The van der Waals surface area contributed by atoms with Crippen molar-refractivity contribution < 1.29 is 14.7 Å². The van der Waals surface area contributed by atoms with Crippen LogP contribution in [0.25, 0.3) is 0 Å². The average Bonchev–Trinajstić information content (AvgIpc) is 2.96. The van der Waals surface area contributed by atoms with Crippen LogP contribution in [0.1, 0.15) is 20.3 Å². The molecule has 5 nitrogen and oxygen atoms in total. The van der Waals surface area contributed by atoms with E-state index in [0.717, 1.165) is 13.0 Å². The van der Waals surface area contributed by atoms with Gasteiger partial charge in [0.2, 0.25) is 5.91 Å². The van der Waals surface area contributed by atoms with E-state index in [1.807, 2.05) is 31.1 Å². The SMILES string of the molecule is CC(C)C(CN(C)C)NC(=O)[C@H]1C2C=CC(C2)[C@H]1C(=O)O. The van der Waals surface area contributed by atoms with Crippen molar-refractivity contribution in [2.45, 2.75) is 26.3 Å². The molecule has 0 aliphatic heterocycles. The third-order valence-corrected chi connectivity index (χ3v) is 4.74. The second kappa shape index (κ2) is 6.18. The largest absolute Gasteiger partial charge is 0.481 e. The number of nitrogens with one attached hydrogen (secondary N) is 1. The first-order chi connectivity index (χ1) is 9.81. The number of carboxylic acid groups (broad SMARTS) is 1. The van der Waals surface area contributed by atoms with Gasteiger partial charge in [-0.15, -0.1) is 0 Å². The average molecular weight is 294 g/mol. The molecule has 5 atom stereocenters. The zero-order valence-electron chi connectivity index (χ0n) is 13.2. The van der Waals surface area contributed by atoms with E-state index in [4.69, 9.17) is 0 Å². The number of allylic oxidation sites excluding steroid dienone is 2. The van der Waals surface area contributed by atoms with E-state index >= 15 is 0 Å². The van der Waals surface area contributed by atoms with E-state index in [-0.39, 0.29) is 23.8 Å². The first-order valence-electron chi connectivity index (χ1n) is 7.67. The lowest BCUT2D eigenvalue weighted by Gasteiger charge is -2.30. The quantitative estimate of drug-likeness (QED) is 0.723. The van der Waals surface area contributed by atoms with E-state index in [0.29, 0.717) is 5.92 Å². The molecular formula is C16H26N2O3. The number of carbonyl (C=O) groups excluding carboxylic acids is 1. The minimum absolute atomic E-state index is 0.0228. The van der Waals surface area contributed by atoms with E-state index < -0.39 is 17.8 Å². The standard InChI is InChI=1S/C16H26N2O3/c1-9(2)12(8-18(3)4)17-15(19)13-10-5-6-11(7-10)14(13)16(20)21/h5-6,9-14H,7-8H2,1-4H3,(H,17,19)(H,20,21)/t10?,11?,12?,13-,14+/m0/s1. The van der Waals surface area contributed by atoms with Gasteiger partial charge in [-0.3, -0.25) is 9.59 Å². The molecule has 2 N–H and O–H groups in total. The topological polar surface area (TPSA) is 69.6 Å². The highest BCUT2D eigenvalue weighted by atomic mass is 16.4. The molecule has 3 unspecified atom stereocenters. The van der Waals surface area contributed by atoms with Gasteiger partial charge in [0.15, 0.2) is 0 Å². The molecule has 21 heavy (non-hydrogen) atoms. The number of amides is 1. The normalized spacial score (nSPS) is 31.9. The minimum atomic E-state index is -0.847. The van der Waals surface area contributed by atoms with Crippen LogP contribution in [0.5, 0.6) is 0 Å². The van der Waals surface area contributed by atoms with Crippen molar-refractivity contribution in [2.75, 3.05) is 20.6 Å². The van der Waals surface area contributed by atoms with Crippen molar-refractivity contribution in [3.8, 4) is 0 Å². The maximum Gasteiger partial charge on any atom is 0.307 e. The smallest absolute Gasteiger partial charge is 0.307 e. The van der Waals surface area contributed by atoms with Gasteiger partial charge in [-0.2, -0.15) is 0 Å². The third kappa shape index (κ3) is 3.28. The Hall–Kier alpha value is -1.36. The number of carbonyl (C=O) groups is 2. The van der Waals surface area contributed by atoms with E-state index in [1.54, 1.807) is 0 Å². The van der Waals surface area contributed by atoms with Gasteiger partial charge in [-0.25, -0.2) is 0 Å². The molecule has 0 radical (unpaired) electrons. The molecule has 0 spiro atoms. The zero-order chi connectivity index (χ0) is 15.7. The van der Waals surface area contributed by atoms with Crippen molar-refractivity contribution >= 4 is 11.9 Å². The van der Waals surface area contributed by atoms with Crippen LogP contribution in [0.15, 0.2) is 12.2 Å². The number of hydrogen-bond acceptors (Lipinski definition) is 3. The molecule has 0 aromatic carbocycles. The Bertz CT molecular complexity index is 445. The molecule has 1 fully saturated rings. The summed E-state index contributed by atoms with van der Waals surface area (Å²) in [6.07, 6.45) is 4.78. The predicted molar refractivity (Wildman–Crippen MR) is 80.7 cm³/mol. The van der Waals surface area contributed by atoms with Crippen molar-refractivity contribution in [3.63, 3.8) is 0 Å². The van der Waals surface area contributed by atoms with Crippen LogP contribution in [0.4, 0.5) is 0 Å². The van der Waals surface area contributed by atoms with Gasteiger partial charge < -0.3 is 15.3 Å². The summed E-state index contributed by atoms with van der Waals surface area (Å²) in [6.45, 7) is 4.91. The molecule has 2 bridgehead atoms. The van der Waals surface area contributed by atoms with Crippen LogP contribution in [-0.4, -0.2) is 48.6 Å². The fourth-order valence-corrected chi connectivity index (χ4v) is 3.61. The number of carboxylic acids is 1. The van der Waals surface area contributed by atoms with Crippen molar-refractivity contribution in [1.29, 1.82) is 0 Å². The van der Waals surface area contributed by atoms with Gasteiger partial charge in [0.25, 0.3) is 0 Å². The monoisotopic (exact) mass is 294 g/mol. The van der Waals surface area contributed by atoms with Crippen molar-refractivity contribution in [1.82, 2.24) is 10.2 Å². The Labute approximate surface area is 126 Å². The summed E-state index contributed by atoms with van der Waals surface area (Å²) in [6, 6.07) is 0.0463. The summed E-state index contributed by atoms with van der Waals surface area (Å²) in [7, 11) is 3.95. The molecule has 118 valence electrons.